The average molecular weight is 495 g/mol. The Labute approximate surface area is 211 Å². The van der Waals surface area contributed by atoms with Gasteiger partial charge >= 0.3 is 0 Å². The molecule has 2 amide bonds. The molecule has 0 aromatic heterocycles. The van der Waals surface area contributed by atoms with Gasteiger partial charge in [-0.15, -0.1) is 0 Å². The highest BCUT2D eigenvalue weighted by Crippen LogP contribution is 2.53. The highest BCUT2D eigenvalue weighted by atomic mass is 16.6. The number of rotatable bonds is 5. The van der Waals surface area contributed by atoms with Crippen molar-refractivity contribution in [3.8, 4) is 5.75 Å². The molecule has 37 heavy (non-hydrogen) atoms. The normalized spacial score (nSPS) is 23.5. The summed E-state index contributed by atoms with van der Waals surface area (Å²) in [4.78, 5) is 55.1. The molecule has 0 unspecified atom stereocenters. The molecule has 0 saturated carbocycles. The summed E-state index contributed by atoms with van der Waals surface area (Å²) in [5, 5.41) is 11.1. The van der Waals surface area contributed by atoms with Crippen LogP contribution >= 0.6 is 0 Å². The second kappa shape index (κ2) is 8.41. The van der Waals surface area contributed by atoms with Gasteiger partial charge in [-0.05, 0) is 53.6 Å². The second-order valence-corrected chi connectivity index (χ2v) is 9.21. The smallest absolute Gasteiger partial charge is 0.269 e. The van der Waals surface area contributed by atoms with Crippen molar-refractivity contribution in [1.29, 1.82) is 0 Å². The largest absolute Gasteiger partial charge is 0.497 e. The van der Waals surface area contributed by atoms with Crippen molar-refractivity contribution in [2.45, 2.75) is 12.1 Å². The van der Waals surface area contributed by atoms with Crippen LogP contribution < -0.4 is 9.64 Å². The molecule has 4 atom stereocenters. The fourth-order valence-corrected chi connectivity index (χ4v) is 5.76. The Bertz CT molecular complexity index is 1480. The van der Waals surface area contributed by atoms with Crippen LogP contribution in [0.25, 0.3) is 6.08 Å². The van der Waals surface area contributed by atoms with Gasteiger partial charge in [-0.1, -0.05) is 24.3 Å². The SMILES string of the molecule is COc1ccc(C(=O)[C@@H]2[C@@H]3C(=O)N(c4ccc([N+](=O)[O-])cc4)C(=O)[C@@H]3[C@H]3c4ccccc4C=CN23)cc1. The Morgan fingerprint density at radius 3 is 2.27 bits per heavy atom. The molecule has 0 bridgehead atoms. The third kappa shape index (κ3) is 3.35. The number of carbonyl (C=O) groups is 3. The van der Waals surface area contributed by atoms with Crippen molar-refractivity contribution in [3.63, 3.8) is 0 Å². The van der Waals surface area contributed by atoms with E-state index in [9.17, 15) is 24.5 Å². The number of anilines is 1. The molecule has 0 N–H and O–H groups in total. The minimum Gasteiger partial charge on any atom is -0.497 e. The van der Waals surface area contributed by atoms with Gasteiger partial charge in [0.2, 0.25) is 11.8 Å². The minimum atomic E-state index is -0.918. The summed E-state index contributed by atoms with van der Waals surface area (Å²) in [5.74, 6) is -2.29. The molecule has 3 aliphatic rings. The zero-order valence-corrected chi connectivity index (χ0v) is 19.7. The molecule has 9 nitrogen and oxygen atoms in total. The van der Waals surface area contributed by atoms with Crippen LogP contribution in [-0.4, -0.2) is 40.6 Å². The van der Waals surface area contributed by atoms with Crippen LogP contribution in [0.2, 0.25) is 0 Å². The van der Waals surface area contributed by atoms with E-state index in [-0.39, 0.29) is 17.2 Å². The maximum Gasteiger partial charge on any atom is 0.269 e. The maximum atomic E-state index is 13.9. The summed E-state index contributed by atoms with van der Waals surface area (Å²) in [5.41, 5.74) is 2.31. The van der Waals surface area contributed by atoms with E-state index in [1.54, 1.807) is 30.5 Å². The lowest BCUT2D eigenvalue weighted by molar-refractivity contribution is -0.384. The second-order valence-electron chi connectivity index (χ2n) is 9.21. The van der Waals surface area contributed by atoms with Crippen molar-refractivity contribution in [1.82, 2.24) is 4.90 Å². The molecular weight excluding hydrogens is 474 g/mol. The van der Waals surface area contributed by atoms with Crippen molar-refractivity contribution >= 4 is 35.0 Å². The Balaban J connectivity index is 1.45. The molecule has 0 aliphatic carbocycles. The third-order valence-electron chi connectivity index (χ3n) is 7.42. The minimum absolute atomic E-state index is 0.145. The number of ether oxygens (including phenoxy) is 1. The average Bonchev–Trinajstić information content (AvgIpc) is 3.40. The van der Waals surface area contributed by atoms with Crippen molar-refractivity contribution in [3.05, 3.63) is 106 Å². The highest BCUT2D eigenvalue weighted by molar-refractivity contribution is 6.24. The number of amides is 2. The van der Waals surface area contributed by atoms with E-state index in [2.05, 4.69) is 0 Å². The van der Waals surface area contributed by atoms with Crippen LogP contribution in [0.5, 0.6) is 5.75 Å². The molecule has 3 aliphatic heterocycles. The first kappa shape index (κ1) is 22.7. The lowest BCUT2D eigenvalue weighted by atomic mass is 9.83. The van der Waals surface area contributed by atoms with Crippen LogP contribution in [0.4, 0.5) is 11.4 Å². The number of non-ortho nitro benzene ring substituents is 1. The quantitative estimate of drug-likeness (QED) is 0.228. The van der Waals surface area contributed by atoms with Gasteiger partial charge in [0.15, 0.2) is 5.78 Å². The topological polar surface area (TPSA) is 110 Å². The lowest BCUT2D eigenvalue weighted by Gasteiger charge is -2.35. The number of carbonyl (C=O) groups excluding carboxylic acids is 3. The predicted octanol–water partition coefficient (Wildman–Crippen LogP) is 4.00. The number of nitro benzene ring substituents is 1. The van der Waals surface area contributed by atoms with E-state index in [4.69, 9.17) is 4.74 Å². The summed E-state index contributed by atoms with van der Waals surface area (Å²) in [6, 6.07) is 18.2. The van der Waals surface area contributed by atoms with Crippen LogP contribution in [-0.2, 0) is 9.59 Å². The molecule has 184 valence electrons. The van der Waals surface area contributed by atoms with Crippen LogP contribution in [0, 0.1) is 22.0 Å². The third-order valence-corrected chi connectivity index (χ3v) is 7.42. The number of ketones is 1. The molecule has 2 fully saturated rings. The van der Waals surface area contributed by atoms with Crippen LogP contribution in [0.3, 0.4) is 0 Å². The summed E-state index contributed by atoms with van der Waals surface area (Å²) in [7, 11) is 1.54. The summed E-state index contributed by atoms with van der Waals surface area (Å²) >= 11 is 0. The van der Waals surface area contributed by atoms with Gasteiger partial charge < -0.3 is 9.64 Å². The van der Waals surface area contributed by atoms with E-state index in [1.807, 2.05) is 35.2 Å². The number of fused-ring (bicyclic) bond motifs is 5. The molecule has 0 radical (unpaired) electrons. The van der Waals surface area contributed by atoms with E-state index < -0.39 is 40.7 Å². The van der Waals surface area contributed by atoms with E-state index in [0.29, 0.717) is 11.3 Å². The first-order valence-electron chi connectivity index (χ1n) is 11.8. The van der Waals surface area contributed by atoms with Crippen LogP contribution in [0.1, 0.15) is 27.5 Å². The van der Waals surface area contributed by atoms with Crippen molar-refractivity contribution in [2.24, 2.45) is 11.8 Å². The van der Waals surface area contributed by atoms with Gasteiger partial charge in [0.05, 0.1) is 35.6 Å². The molecule has 6 rings (SSSR count). The first-order chi connectivity index (χ1) is 17.9. The lowest BCUT2D eigenvalue weighted by Crippen LogP contribution is -2.44. The molecule has 3 aromatic rings. The first-order valence-corrected chi connectivity index (χ1v) is 11.8. The Morgan fingerprint density at radius 1 is 0.919 bits per heavy atom. The summed E-state index contributed by atoms with van der Waals surface area (Å²) in [6.45, 7) is 0. The Kier molecular flexibility index (Phi) is 5.15. The number of imide groups is 1. The van der Waals surface area contributed by atoms with E-state index in [1.165, 1.54) is 31.4 Å². The molecule has 2 saturated heterocycles. The fourth-order valence-electron chi connectivity index (χ4n) is 5.76. The maximum absolute atomic E-state index is 13.9. The number of hydrogen-bond donors (Lipinski definition) is 0. The zero-order chi connectivity index (χ0) is 25.8. The van der Waals surface area contributed by atoms with Gasteiger partial charge in [0.25, 0.3) is 5.69 Å². The monoisotopic (exact) mass is 495 g/mol. The number of nitrogens with zero attached hydrogens (tertiary/aromatic N) is 3. The van der Waals surface area contributed by atoms with Crippen molar-refractivity contribution < 1.29 is 24.0 Å². The number of Topliss-reactive ketones (excluding diaryl/α,β-unsaturated/α-hetero) is 1. The Morgan fingerprint density at radius 2 is 1.59 bits per heavy atom. The number of nitro groups is 1. The van der Waals surface area contributed by atoms with Crippen LogP contribution in [0.15, 0.2) is 79.0 Å². The predicted molar refractivity (Wildman–Crippen MR) is 134 cm³/mol. The van der Waals surface area contributed by atoms with Gasteiger partial charge in [0, 0.05) is 23.9 Å². The number of hydrogen-bond acceptors (Lipinski definition) is 7. The van der Waals surface area contributed by atoms with Gasteiger partial charge in [-0.25, -0.2) is 4.90 Å². The standard InChI is InChI=1S/C28H21N3O6/c1-37-20-12-6-17(7-13-20)26(32)25-23-22(24-21-5-3-2-4-16(21)14-15-29(24)25)27(33)30(28(23)34)18-8-10-19(11-9-18)31(35)36/h2-15,22-25H,1H3/t22-,23+,24+,25-/m0/s1. The molecule has 3 heterocycles. The fraction of sp³-hybridized carbons (Fsp3) is 0.179. The van der Waals surface area contributed by atoms with E-state index in [0.717, 1.165) is 16.0 Å². The van der Waals surface area contributed by atoms with Gasteiger partial charge in [-0.3, -0.25) is 24.5 Å². The number of methoxy groups -OCH3 is 1. The highest BCUT2D eigenvalue weighted by Gasteiger charge is 2.64. The summed E-state index contributed by atoms with van der Waals surface area (Å²) < 4.78 is 5.21. The number of benzene rings is 3. The van der Waals surface area contributed by atoms with Crippen molar-refractivity contribution in [2.75, 3.05) is 12.0 Å². The zero-order valence-electron chi connectivity index (χ0n) is 19.7. The summed E-state index contributed by atoms with van der Waals surface area (Å²) in [6.07, 6.45) is 3.69. The van der Waals surface area contributed by atoms with E-state index >= 15 is 0 Å². The van der Waals surface area contributed by atoms with Gasteiger partial charge in [-0.2, -0.15) is 0 Å². The molecule has 0 spiro atoms. The molecule has 3 aromatic carbocycles. The Hall–Kier alpha value is -4.79. The molecule has 9 heteroatoms. The van der Waals surface area contributed by atoms with Gasteiger partial charge in [0.1, 0.15) is 11.8 Å². The molecular formula is C28H21N3O6.